The standard InChI is InChI=1S/C15H24N2O4S/c1-15(2,19)8-4-3-5-12-6-7-14(18)13(11-12)17-10-9-16-22(17,20)21/h6-7,11,16,18-19H,3-5,8-10H2,1-2H3. The molecule has 1 aromatic rings. The van der Waals surface area contributed by atoms with Gasteiger partial charge in [0.15, 0.2) is 0 Å². The quantitative estimate of drug-likeness (QED) is 0.691. The van der Waals surface area contributed by atoms with E-state index in [0.717, 1.165) is 31.2 Å². The molecular weight excluding hydrogens is 304 g/mol. The summed E-state index contributed by atoms with van der Waals surface area (Å²) in [6, 6.07) is 5.07. The first-order chi connectivity index (χ1) is 10.2. The highest BCUT2D eigenvalue weighted by molar-refractivity contribution is 7.91. The lowest BCUT2D eigenvalue weighted by atomic mass is 9.99. The molecule has 0 saturated carbocycles. The predicted molar refractivity (Wildman–Crippen MR) is 86.2 cm³/mol. The second kappa shape index (κ2) is 6.44. The largest absolute Gasteiger partial charge is 0.506 e. The van der Waals surface area contributed by atoms with Crippen LogP contribution >= 0.6 is 0 Å². The van der Waals surface area contributed by atoms with Crippen molar-refractivity contribution < 1.29 is 18.6 Å². The number of nitrogens with one attached hydrogen (secondary N) is 1. The molecule has 1 saturated heterocycles. The molecule has 0 aromatic heterocycles. The summed E-state index contributed by atoms with van der Waals surface area (Å²) in [5.41, 5.74) is 0.644. The summed E-state index contributed by atoms with van der Waals surface area (Å²) in [4.78, 5) is 0. The monoisotopic (exact) mass is 328 g/mol. The van der Waals surface area contributed by atoms with Crippen molar-refractivity contribution in [3.05, 3.63) is 23.8 Å². The zero-order valence-electron chi connectivity index (χ0n) is 13.0. The number of hydrogen-bond acceptors (Lipinski definition) is 4. The highest BCUT2D eigenvalue weighted by Crippen LogP contribution is 2.31. The van der Waals surface area contributed by atoms with Gasteiger partial charge in [0, 0.05) is 13.1 Å². The number of hydrogen-bond donors (Lipinski definition) is 3. The molecule has 0 bridgehead atoms. The Balaban J connectivity index is 2.04. The Morgan fingerprint density at radius 1 is 1.32 bits per heavy atom. The zero-order valence-corrected chi connectivity index (χ0v) is 13.9. The normalized spacial score (nSPS) is 17.9. The van der Waals surface area contributed by atoms with Gasteiger partial charge in [-0.2, -0.15) is 13.1 Å². The summed E-state index contributed by atoms with van der Waals surface area (Å²) in [6.07, 6.45) is 3.30. The number of nitrogens with zero attached hydrogens (tertiary/aromatic N) is 1. The first-order valence-electron chi connectivity index (χ1n) is 7.51. The van der Waals surface area contributed by atoms with Crippen LogP contribution in [0.15, 0.2) is 18.2 Å². The van der Waals surface area contributed by atoms with Crippen LogP contribution in [-0.4, -0.2) is 37.3 Å². The van der Waals surface area contributed by atoms with E-state index in [1.165, 1.54) is 10.4 Å². The van der Waals surface area contributed by atoms with Gasteiger partial charge in [0.1, 0.15) is 5.75 Å². The molecule has 1 aromatic carbocycles. The van der Waals surface area contributed by atoms with E-state index in [9.17, 15) is 18.6 Å². The van der Waals surface area contributed by atoms with Crippen molar-refractivity contribution in [1.82, 2.24) is 4.72 Å². The summed E-state index contributed by atoms with van der Waals surface area (Å²) in [7, 11) is -3.53. The molecule has 1 aliphatic rings. The minimum atomic E-state index is -3.53. The average molecular weight is 328 g/mol. The average Bonchev–Trinajstić information content (AvgIpc) is 2.75. The number of benzene rings is 1. The van der Waals surface area contributed by atoms with E-state index >= 15 is 0 Å². The zero-order chi connectivity index (χ0) is 16.4. The second-order valence-corrected chi connectivity index (χ2v) is 7.99. The molecule has 0 amide bonds. The number of phenolic OH excluding ortho intramolecular Hbond substituents is 1. The molecule has 1 aliphatic heterocycles. The lowest BCUT2D eigenvalue weighted by Gasteiger charge is -2.18. The SMILES string of the molecule is CC(C)(O)CCCCc1ccc(O)c(N2CCNS2(=O)=O)c1. The Bertz CT molecular complexity index is 623. The van der Waals surface area contributed by atoms with Crippen LogP contribution in [0.3, 0.4) is 0 Å². The summed E-state index contributed by atoms with van der Waals surface area (Å²) >= 11 is 0. The van der Waals surface area contributed by atoms with Crippen molar-refractivity contribution in [3.63, 3.8) is 0 Å². The molecule has 0 atom stereocenters. The summed E-state index contributed by atoms with van der Waals surface area (Å²) < 4.78 is 27.4. The Morgan fingerprint density at radius 2 is 2.05 bits per heavy atom. The Morgan fingerprint density at radius 3 is 2.64 bits per heavy atom. The highest BCUT2D eigenvalue weighted by Gasteiger charge is 2.29. The Hall–Kier alpha value is -1.31. The number of aryl methyl sites for hydroxylation is 1. The van der Waals surface area contributed by atoms with Crippen LogP contribution in [0, 0.1) is 0 Å². The van der Waals surface area contributed by atoms with E-state index < -0.39 is 15.8 Å². The number of aliphatic hydroxyl groups is 1. The molecule has 7 heteroatoms. The van der Waals surface area contributed by atoms with Crippen LogP contribution in [0.5, 0.6) is 5.75 Å². The van der Waals surface area contributed by atoms with Gasteiger partial charge in [0.05, 0.1) is 11.3 Å². The van der Waals surface area contributed by atoms with Gasteiger partial charge in [-0.05, 0) is 50.8 Å². The van der Waals surface area contributed by atoms with E-state index in [1.54, 1.807) is 26.0 Å². The predicted octanol–water partition coefficient (Wildman–Crippen LogP) is 1.53. The molecule has 0 aliphatic carbocycles. The fourth-order valence-electron chi connectivity index (χ4n) is 2.54. The molecular formula is C15H24N2O4S. The third-order valence-corrected chi connectivity index (χ3v) is 5.23. The maximum absolute atomic E-state index is 11.9. The van der Waals surface area contributed by atoms with Gasteiger partial charge >= 0.3 is 10.2 Å². The van der Waals surface area contributed by atoms with Crippen molar-refractivity contribution in [2.75, 3.05) is 17.4 Å². The molecule has 1 heterocycles. The highest BCUT2D eigenvalue weighted by atomic mass is 32.2. The lowest BCUT2D eigenvalue weighted by molar-refractivity contribution is 0.0682. The van der Waals surface area contributed by atoms with Gasteiger partial charge in [0.25, 0.3) is 0 Å². The molecule has 1 fully saturated rings. The summed E-state index contributed by atoms with van der Waals surface area (Å²) in [5, 5.41) is 19.6. The van der Waals surface area contributed by atoms with Crippen LogP contribution in [-0.2, 0) is 16.6 Å². The third kappa shape index (κ3) is 4.34. The van der Waals surface area contributed by atoms with Crippen LogP contribution in [0.25, 0.3) is 0 Å². The van der Waals surface area contributed by atoms with Crippen molar-refractivity contribution in [3.8, 4) is 5.75 Å². The van der Waals surface area contributed by atoms with Crippen LogP contribution < -0.4 is 9.03 Å². The van der Waals surface area contributed by atoms with Crippen LogP contribution in [0.4, 0.5) is 5.69 Å². The number of anilines is 1. The topological polar surface area (TPSA) is 89.9 Å². The number of phenols is 1. The molecule has 22 heavy (non-hydrogen) atoms. The summed E-state index contributed by atoms with van der Waals surface area (Å²) in [6.45, 7) is 4.24. The van der Waals surface area contributed by atoms with Gasteiger partial charge in [-0.15, -0.1) is 0 Å². The van der Waals surface area contributed by atoms with Gasteiger partial charge < -0.3 is 10.2 Å². The van der Waals surface area contributed by atoms with Gasteiger partial charge in [0.2, 0.25) is 0 Å². The molecule has 6 nitrogen and oxygen atoms in total. The third-order valence-electron chi connectivity index (χ3n) is 3.70. The smallest absolute Gasteiger partial charge is 0.301 e. The van der Waals surface area contributed by atoms with Crippen LogP contribution in [0.1, 0.15) is 38.7 Å². The fourth-order valence-corrected chi connectivity index (χ4v) is 3.78. The molecule has 2 rings (SSSR count). The molecule has 0 spiro atoms. The van der Waals surface area contributed by atoms with E-state index in [2.05, 4.69) is 4.72 Å². The van der Waals surface area contributed by atoms with Gasteiger partial charge in [-0.1, -0.05) is 12.5 Å². The maximum Gasteiger partial charge on any atom is 0.301 e. The van der Waals surface area contributed by atoms with Gasteiger partial charge in [-0.3, -0.25) is 4.31 Å². The molecule has 3 N–H and O–H groups in total. The maximum atomic E-state index is 11.9. The number of rotatable bonds is 6. The second-order valence-electron chi connectivity index (χ2n) is 6.31. The van der Waals surface area contributed by atoms with E-state index in [1.807, 2.05) is 0 Å². The first-order valence-corrected chi connectivity index (χ1v) is 8.95. The molecule has 0 unspecified atom stereocenters. The van der Waals surface area contributed by atoms with E-state index in [-0.39, 0.29) is 5.75 Å². The van der Waals surface area contributed by atoms with Gasteiger partial charge in [-0.25, -0.2) is 0 Å². The molecule has 0 radical (unpaired) electrons. The molecule has 124 valence electrons. The summed E-state index contributed by atoms with van der Waals surface area (Å²) in [5.74, 6) is -0.0347. The Labute approximate surface area is 132 Å². The fraction of sp³-hybridized carbons (Fsp3) is 0.600. The Kier molecular flexibility index (Phi) is 4.99. The first kappa shape index (κ1) is 17.1. The number of unbranched alkanes of at least 4 members (excludes halogenated alkanes) is 1. The van der Waals surface area contributed by atoms with Crippen molar-refractivity contribution in [1.29, 1.82) is 0 Å². The minimum Gasteiger partial charge on any atom is -0.506 e. The van der Waals surface area contributed by atoms with E-state index in [0.29, 0.717) is 18.8 Å². The minimum absolute atomic E-state index is 0.0347. The van der Waals surface area contributed by atoms with Crippen molar-refractivity contribution in [2.45, 2.75) is 45.1 Å². The number of aromatic hydroxyl groups is 1. The van der Waals surface area contributed by atoms with Crippen molar-refractivity contribution >= 4 is 15.9 Å². The van der Waals surface area contributed by atoms with Crippen molar-refractivity contribution in [2.24, 2.45) is 0 Å². The lowest BCUT2D eigenvalue weighted by Crippen LogP contribution is -2.29. The van der Waals surface area contributed by atoms with E-state index in [4.69, 9.17) is 0 Å². The van der Waals surface area contributed by atoms with Crippen LogP contribution in [0.2, 0.25) is 0 Å².